The van der Waals surface area contributed by atoms with E-state index in [2.05, 4.69) is 12.2 Å². The van der Waals surface area contributed by atoms with Gasteiger partial charge in [0.05, 0.1) is 11.6 Å². The zero-order valence-electron chi connectivity index (χ0n) is 15.9. The molecule has 3 nitrogen and oxygen atoms in total. The number of benzene rings is 2. The summed E-state index contributed by atoms with van der Waals surface area (Å²) < 4.78 is 24.6. The van der Waals surface area contributed by atoms with Crippen LogP contribution in [0, 0.1) is 5.82 Å². The second-order valence-electron chi connectivity index (χ2n) is 6.14. The topological polar surface area (TPSA) is 30.5 Å². The standard InChI is InChI=1S/C21H27ClFNO2.ClH/c1-3-5-6-11-24-14-17-12-19(22)21(20(13-17)25-4-2)26-15-16-7-9-18(23)10-8-16;/h7-10,12-13,24H,3-6,11,14-15H2,1-2H3;1H. The molecule has 6 heteroatoms. The minimum Gasteiger partial charge on any atom is -0.490 e. The first kappa shape index (κ1) is 23.5. The van der Waals surface area contributed by atoms with E-state index in [-0.39, 0.29) is 18.2 Å². The maximum absolute atomic E-state index is 13.0. The molecule has 0 bridgehead atoms. The van der Waals surface area contributed by atoms with E-state index in [1.165, 1.54) is 31.4 Å². The molecule has 0 radical (unpaired) electrons. The summed E-state index contributed by atoms with van der Waals surface area (Å²) in [6.07, 6.45) is 3.61. The normalized spacial score (nSPS) is 10.4. The molecule has 0 unspecified atom stereocenters. The molecule has 27 heavy (non-hydrogen) atoms. The Morgan fingerprint density at radius 1 is 1.00 bits per heavy atom. The van der Waals surface area contributed by atoms with Crippen LogP contribution in [0.1, 0.15) is 44.2 Å². The average molecular weight is 416 g/mol. The van der Waals surface area contributed by atoms with E-state index in [1.54, 1.807) is 12.1 Å². The first-order chi connectivity index (χ1) is 12.6. The fourth-order valence-electron chi connectivity index (χ4n) is 2.60. The summed E-state index contributed by atoms with van der Waals surface area (Å²) in [6.45, 7) is 6.66. The Hall–Kier alpha value is -1.49. The van der Waals surface area contributed by atoms with Crippen LogP contribution < -0.4 is 14.8 Å². The van der Waals surface area contributed by atoms with Crippen LogP contribution >= 0.6 is 24.0 Å². The van der Waals surface area contributed by atoms with Crippen molar-refractivity contribution in [3.8, 4) is 11.5 Å². The molecule has 0 aliphatic heterocycles. The Labute approximate surface area is 172 Å². The van der Waals surface area contributed by atoms with Crippen molar-refractivity contribution in [2.45, 2.75) is 46.3 Å². The molecule has 0 amide bonds. The van der Waals surface area contributed by atoms with Crippen molar-refractivity contribution in [2.24, 2.45) is 0 Å². The lowest BCUT2D eigenvalue weighted by molar-refractivity contribution is 0.269. The van der Waals surface area contributed by atoms with E-state index in [1.807, 2.05) is 19.1 Å². The highest BCUT2D eigenvalue weighted by Crippen LogP contribution is 2.37. The minimum absolute atomic E-state index is 0. The Morgan fingerprint density at radius 3 is 2.41 bits per heavy atom. The highest BCUT2D eigenvalue weighted by Gasteiger charge is 2.13. The quantitative estimate of drug-likeness (QED) is 0.445. The van der Waals surface area contributed by atoms with Crippen LogP contribution in [0.15, 0.2) is 36.4 Å². The summed E-state index contributed by atoms with van der Waals surface area (Å²) in [4.78, 5) is 0. The lowest BCUT2D eigenvalue weighted by Crippen LogP contribution is -2.14. The Balaban J connectivity index is 0.00000364. The highest BCUT2D eigenvalue weighted by atomic mass is 35.5. The SMILES string of the molecule is CCCCCNCc1cc(Cl)c(OCc2ccc(F)cc2)c(OCC)c1.Cl. The number of rotatable bonds is 11. The van der Waals surface area contributed by atoms with Crippen molar-refractivity contribution in [1.82, 2.24) is 5.32 Å². The molecule has 150 valence electrons. The number of nitrogens with one attached hydrogen (secondary N) is 1. The maximum Gasteiger partial charge on any atom is 0.180 e. The fourth-order valence-corrected chi connectivity index (χ4v) is 2.88. The van der Waals surface area contributed by atoms with Gasteiger partial charge in [0.1, 0.15) is 12.4 Å². The fraction of sp³-hybridized carbons (Fsp3) is 0.429. The van der Waals surface area contributed by atoms with Crippen LogP contribution in [0.2, 0.25) is 5.02 Å². The third-order valence-electron chi connectivity index (χ3n) is 3.95. The van der Waals surface area contributed by atoms with Gasteiger partial charge in [-0.15, -0.1) is 12.4 Å². The smallest absolute Gasteiger partial charge is 0.180 e. The molecular formula is C21H28Cl2FNO2. The summed E-state index contributed by atoms with van der Waals surface area (Å²) >= 11 is 6.43. The molecule has 0 saturated carbocycles. The second-order valence-corrected chi connectivity index (χ2v) is 6.54. The van der Waals surface area contributed by atoms with Gasteiger partial charge in [-0.2, -0.15) is 0 Å². The Morgan fingerprint density at radius 2 is 1.74 bits per heavy atom. The molecule has 0 heterocycles. The van der Waals surface area contributed by atoms with Crippen molar-refractivity contribution in [3.05, 3.63) is 58.4 Å². The number of halogens is 3. The van der Waals surface area contributed by atoms with E-state index >= 15 is 0 Å². The largest absolute Gasteiger partial charge is 0.490 e. The number of ether oxygens (including phenoxy) is 2. The van der Waals surface area contributed by atoms with Crippen LogP contribution in [0.25, 0.3) is 0 Å². The van der Waals surface area contributed by atoms with Gasteiger partial charge in [-0.3, -0.25) is 0 Å². The molecule has 0 atom stereocenters. The van der Waals surface area contributed by atoms with Gasteiger partial charge < -0.3 is 14.8 Å². The number of hydrogen-bond donors (Lipinski definition) is 1. The van der Waals surface area contributed by atoms with Gasteiger partial charge in [-0.05, 0) is 55.3 Å². The van der Waals surface area contributed by atoms with Crippen molar-refractivity contribution < 1.29 is 13.9 Å². The van der Waals surface area contributed by atoms with Gasteiger partial charge in [-0.1, -0.05) is 43.5 Å². The Kier molecular flexibility index (Phi) is 11.2. The molecule has 2 rings (SSSR count). The first-order valence-corrected chi connectivity index (χ1v) is 9.55. The van der Waals surface area contributed by atoms with Gasteiger partial charge in [0.15, 0.2) is 11.5 Å². The van der Waals surface area contributed by atoms with Gasteiger partial charge in [-0.25, -0.2) is 4.39 Å². The molecule has 0 fully saturated rings. The summed E-state index contributed by atoms with van der Waals surface area (Å²) in [5.74, 6) is 0.887. The molecule has 0 aromatic heterocycles. The molecular weight excluding hydrogens is 388 g/mol. The van der Waals surface area contributed by atoms with Crippen molar-refractivity contribution in [2.75, 3.05) is 13.2 Å². The highest BCUT2D eigenvalue weighted by molar-refractivity contribution is 6.32. The van der Waals surface area contributed by atoms with Crippen molar-refractivity contribution in [3.63, 3.8) is 0 Å². The minimum atomic E-state index is -0.266. The zero-order valence-corrected chi connectivity index (χ0v) is 17.5. The van der Waals surface area contributed by atoms with Crippen LogP contribution in [0.5, 0.6) is 11.5 Å². The van der Waals surface area contributed by atoms with E-state index in [9.17, 15) is 4.39 Å². The summed E-state index contributed by atoms with van der Waals surface area (Å²) in [7, 11) is 0. The molecule has 0 aliphatic carbocycles. The lowest BCUT2D eigenvalue weighted by atomic mass is 10.2. The van der Waals surface area contributed by atoms with Crippen LogP contribution in [0.4, 0.5) is 4.39 Å². The molecule has 0 saturated heterocycles. The van der Waals surface area contributed by atoms with E-state index < -0.39 is 0 Å². The first-order valence-electron chi connectivity index (χ1n) is 9.17. The summed E-state index contributed by atoms with van der Waals surface area (Å²) in [6, 6.07) is 10.1. The number of unbranched alkanes of at least 4 members (excludes halogenated alkanes) is 2. The molecule has 2 aromatic carbocycles. The van der Waals surface area contributed by atoms with Gasteiger partial charge in [0.2, 0.25) is 0 Å². The van der Waals surface area contributed by atoms with E-state index in [0.29, 0.717) is 29.7 Å². The van der Waals surface area contributed by atoms with Crippen LogP contribution in [-0.4, -0.2) is 13.2 Å². The van der Waals surface area contributed by atoms with Crippen molar-refractivity contribution in [1.29, 1.82) is 0 Å². The summed E-state index contributed by atoms with van der Waals surface area (Å²) in [5.41, 5.74) is 1.93. The number of hydrogen-bond acceptors (Lipinski definition) is 3. The third kappa shape index (κ3) is 7.96. The lowest BCUT2D eigenvalue weighted by Gasteiger charge is -2.16. The summed E-state index contributed by atoms with van der Waals surface area (Å²) in [5, 5.41) is 3.94. The van der Waals surface area contributed by atoms with Gasteiger partial charge in [0.25, 0.3) is 0 Å². The van der Waals surface area contributed by atoms with Gasteiger partial charge >= 0.3 is 0 Å². The van der Waals surface area contributed by atoms with Crippen LogP contribution in [-0.2, 0) is 13.2 Å². The predicted molar refractivity (Wildman–Crippen MR) is 112 cm³/mol. The van der Waals surface area contributed by atoms with E-state index in [0.717, 1.165) is 24.2 Å². The maximum atomic E-state index is 13.0. The monoisotopic (exact) mass is 415 g/mol. The van der Waals surface area contributed by atoms with Crippen molar-refractivity contribution >= 4 is 24.0 Å². The average Bonchev–Trinajstić information content (AvgIpc) is 2.62. The second kappa shape index (κ2) is 12.8. The van der Waals surface area contributed by atoms with Gasteiger partial charge in [0, 0.05) is 6.54 Å². The zero-order chi connectivity index (χ0) is 18.8. The molecule has 1 N–H and O–H groups in total. The molecule has 0 spiro atoms. The molecule has 0 aliphatic rings. The Bertz CT molecular complexity index is 681. The van der Waals surface area contributed by atoms with E-state index in [4.69, 9.17) is 21.1 Å². The third-order valence-corrected chi connectivity index (χ3v) is 4.23. The van der Waals surface area contributed by atoms with Crippen LogP contribution in [0.3, 0.4) is 0 Å². The molecule has 2 aromatic rings. The predicted octanol–water partition coefficient (Wildman–Crippen LogP) is 6.16.